The summed E-state index contributed by atoms with van der Waals surface area (Å²) in [7, 11) is 3.20. The van der Waals surface area contributed by atoms with Crippen LogP contribution in [0.5, 0.6) is 11.5 Å². The van der Waals surface area contributed by atoms with Crippen LogP contribution in [-0.4, -0.2) is 25.1 Å². The smallest absolute Gasteiger partial charge is 0.221 e. The molecule has 3 rings (SSSR count). The van der Waals surface area contributed by atoms with E-state index in [0.29, 0.717) is 11.5 Å². The molecule has 1 unspecified atom stereocenters. The molecule has 0 spiro atoms. The van der Waals surface area contributed by atoms with Crippen LogP contribution in [0.25, 0.3) is 11.3 Å². The SMILES string of the molecule is COc1ccc(C(N)c2nc(-c3ccc(NC(C)=O)cc3)cs2)cc1OC. The average Bonchev–Trinajstić information content (AvgIpc) is 3.17. The molecule has 7 heteroatoms. The van der Waals surface area contributed by atoms with Crippen LogP contribution in [-0.2, 0) is 4.79 Å². The molecule has 3 aromatic rings. The van der Waals surface area contributed by atoms with Gasteiger partial charge >= 0.3 is 0 Å². The highest BCUT2D eigenvalue weighted by atomic mass is 32.1. The van der Waals surface area contributed by atoms with Crippen molar-refractivity contribution in [2.24, 2.45) is 5.73 Å². The van der Waals surface area contributed by atoms with E-state index >= 15 is 0 Å². The van der Waals surface area contributed by atoms with Gasteiger partial charge in [0.05, 0.1) is 26.0 Å². The summed E-state index contributed by atoms with van der Waals surface area (Å²) < 4.78 is 10.6. The van der Waals surface area contributed by atoms with E-state index in [-0.39, 0.29) is 11.9 Å². The predicted octanol–water partition coefficient (Wildman–Crippen LogP) is 3.83. The van der Waals surface area contributed by atoms with Crippen molar-refractivity contribution in [1.82, 2.24) is 4.98 Å². The van der Waals surface area contributed by atoms with Crippen LogP contribution in [0.3, 0.4) is 0 Å². The summed E-state index contributed by atoms with van der Waals surface area (Å²) in [6.07, 6.45) is 0. The number of amides is 1. The number of rotatable bonds is 6. The van der Waals surface area contributed by atoms with Gasteiger partial charge in [-0.05, 0) is 29.8 Å². The lowest BCUT2D eigenvalue weighted by molar-refractivity contribution is -0.114. The van der Waals surface area contributed by atoms with E-state index in [4.69, 9.17) is 15.2 Å². The van der Waals surface area contributed by atoms with Crippen LogP contribution in [0, 0.1) is 0 Å². The summed E-state index contributed by atoms with van der Waals surface area (Å²) in [5.41, 5.74) is 9.87. The van der Waals surface area contributed by atoms with Crippen molar-refractivity contribution < 1.29 is 14.3 Å². The van der Waals surface area contributed by atoms with Gasteiger partial charge < -0.3 is 20.5 Å². The van der Waals surface area contributed by atoms with Crippen molar-refractivity contribution in [3.05, 3.63) is 58.4 Å². The van der Waals surface area contributed by atoms with E-state index in [1.54, 1.807) is 14.2 Å². The average molecular weight is 383 g/mol. The summed E-state index contributed by atoms with van der Waals surface area (Å²) in [5.74, 6) is 1.20. The third-order valence-electron chi connectivity index (χ3n) is 4.06. The van der Waals surface area contributed by atoms with Crippen molar-refractivity contribution in [1.29, 1.82) is 0 Å². The Labute approximate surface area is 162 Å². The molecule has 1 amide bonds. The number of methoxy groups -OCH3 is 2. The molecule has 1 atom stereocenters. The fourth-order valence-corrected chi connectivity index (χ4v) is 3.53. The van der Waals surface area contributed by atoms with E-state index < -0.39 is 0 Å². The lowest BCUT2D eigenvalue weighted by Crippen LogP contribution is -2.11. The molecule has 0 saturated carbocycles. The molecular formula is C20H21N3O3S. The Kier molecular flexibility index (Phi) is 5.73. The number of carbonyl (C=O) groups is 1. The first kappa shape index (κ1) is 18.9. The zero-order chi connectivity index (χ0) is 19.4. The highest BCUT2D eigenvalue weighted by molar-refractivity contribution is 7.10. The lowest BCUT2D eigenvalue weighted by atomic mass is 10.1. The molecule has 3 N–H and O–H groups in total. The fourth-order valence-electron chi connectivity index (χ4n) is 2.68. The topological polar surface area (TPSA) is 86.5 Å². The molecule has 27 heavy (non-hydrogen) atoms. The van der Waals surface area contributed by atoms with Crippen LogP contribution in [0.2, 0.25) is 0 Å². The molecule has 0 saturated heterocycles. The number of thiazole rings is 1. The highest BCUT2D eigenvalue weighted by Gasteiger charge is 2.16. The Morgan fingerprint density at radius 3 is 2.44 bits per heavy atom. The largest absolute Gasteiger partial charge is 0.493 e. The maximum atomic E-state index is 11.1. The van der Waals surface area contributed by atoms with Crippen molar-refractivity contribution in [3.63, 3.8) is 0 Å². The zero-order valence-electron chi connectivity index (χ0n) is 15.4. The van der Waals surface area contributed by atoms with Gasteiger partial charge in [0.25, 0.3) is 0 Å². The highest BCUT2D eigenvalue weighted by Crippen LogP contribution is 2.33. The summed E-state index contributed by atoms with van der Waals surface area (Å²) >= 11 is 1.51. The molecule has 0 radical (unpaired) electrons. The maximum absolute atomic E-state index is 11.1. The molecule has 1 aromatic heterocycles. The van der Waals surface area contributed by atoms with Gasteiger partial charge in [0.15, 0.2) is 11.5 Å². The first-order valence-electron chi connectivity index (χ1n) is 8.32. The predicted molar refractivity (Wildman–Crippen MR) is 107 cm³/mol. The number of aromatic nitrogens is 1. The number of anilines is 1. The number of hydrogen-bond acceptors (Lipinski definition) is 6. The van der Waals surface area contributed by atoms with Gasteiger partial charge in [0.2, 0.25) is 5.91 Å². The summed E-state index contributed by atoms with van der Waals surface area (Å²) in [6, 6.07) is 12.8. The second-order valence-corrected chi connectivity index (χ2v) is 6.81. The molecule has 0 bridgehead atoms. The Hall–Kier alpha value is -2.90. The molecule has 140 valence electrons. The van der Waals surface area contributed by atoms with Gasteiger partial charge in [-0.15, -0.1) is 11.3 Å². The van der Waals surface area contributed by atoms with Gasteiger partial charge in [0, 0.05) is 23.6 Å². The number of nitrogens with one attached hydrogen (secondary N) is 1. The minimum Gasteiger partial charge on any atom is -0.493 e. The Bertz CT molecular complexity index is 938. The van der Waals surface area contributed by atoms with Crippen LogP contribution in [0.4, 0.5) is 5.69 Å². The molecule has 0 aliphatic carbocycles. The number of nitrogens with two attached hydrogens (primary N) is 1. The van der Waals surface area contributed by atoms with E-state index in [9.17, 15) is 4.79 Å². The molecule has 0 aliphatic rings. The number of nitrogens with zero attached hydrogens (tertiary/aromatic N) is 1. The standard InChI is InChI=1S/C20H21N3O3S/c1-12(24)22-15-7-4-13(5-8-15)16-11-27-20(23-16)19(21)14-6-9-17(25-2)18(10-14)26-3/h4-11,19H,21H2,1-3H3,(H,22,24). The Balaban J connectivity index is 1.81. The molecule has 0 fully saturated rings. The number of carbonyl (C=O) groups excluding carboxylic acids is 1. The first-order valence-corrected chi connectivity index (χ1v) is 9.20. The van der Waals surface area contributed by atoms with Crippen LogP contribution in [0.15, 0.2) is 47.8 Å². The van der Waals surface area contributed by atoms with E-state index in [2.05, 4.69) is 10.3 Å². The third kappa shape index (κ3) is 4.27. The van der Waals surface area contributed by atoms with Gasteiger partial charge in [0.1, 0.15) is 5.01 Å². The van der Waals surface area contributed by atoms with E-state index in [1.807, 2.05) is 47.8 Å². The minimum absolute atomic E-state index is 0.0976. The number of benzene rings is 2. The van der Waals surface area contributed by atoms with Crippen LogP contribution >= 0.6 is 11.3 Å². The zero-order valence-corrected chi connectivity index (χ0v) is 16.2. The van der Waals surface area contributed by atoms with Gasteiger partial charge in [-0.1, -0.05) is 18.2 Å². The fraction of sp³-hybridized carbons (Fsp3) is 0.200. The minimum atomic E-state index is -0.359. The van der Waals surface area contributed by atoms with Crippen molar-refractivity contribution in [2.75, 3.05) is 19.5 Å². The molecule has 1 heterocycles. The van der Waals surface area contributed by atoms with Gasteiger partial charge in [-0.2, -0.15) is 0 Å². The van der Waals surface area contributed by atoms with Gasteiger partial charge in [-0.25, -0.2) is 4.98 Å². The second-order valence-electron chi connectivity index (χ2n) is 5.92. The quantitative estimate of drug-likeness (QED) is 0.675. The Morgan fingerprint density at radius 2 is 1.81 bits per heavy atom. The normalized spacial score (nSPS) is 11.7. The van der Waals surface area contributed by atoms with Crippen LogP contribution < -0.4 is 20.5 Å². The molecule has 0 aliphatic heterocycles. The van der Waals surface area contributed by atoms with Crippen molar-refractivity contribution in [2.45, 2.75) is 13.0 Å². The third-order valence-corrected chi connectivity index (χ3v) is 4.98. The second kappa shape index (κ2) is 8.20. The molecular weight excluding hydrogens is 362 g/mol. The first-order chi connectivity index (χ1) is 13.0. The monoisotopic (exact) mass is 383 g/mol. The molecule has 2 aromatic carbocycles. The number of hydrogen-bond donors (Lipinski definition) is 2. The summed E-state index contributed by atoms with van der Waals surface area (Å²) in [4.78, 5) is 15.8. The summed E-state index contributed by atoms with van der Waals surface area (Å²) in [6.45, 7) is 1.48. The van der Waals surface area contributed by atoms with E-state index in [1.165, 1.54) is 18.3 Å². The van der Waals surface area contributed by atoms with Crippen molar-refractivity contribution >= 4 is 22.9 Å². The molecule has 6 nitrogen and oxygen atoms in total. The lowest BCUT2D eigenvalue weighted by Gasteiger charge is -2.13. The van der Waals surface area contributed by atoms with E-state index in [0.717, 1.165) is 27.5 Å². The van der Waals surface area contributed by atoms with Gasteiger partial charge in [-0.3, -0.25) is 4.79 Å². The maximum Gasteiger partial charge on any atom is 0.221 e. The van der Waals surface area contributed by atoms with Crippen molar-refractivity contribution in [3.8, 4) is 22.8 Å². The van der Waals surface area contributed by atoms with Crippen LogP contribution in [0.1, 0.15) is 23.5 Å². The number of ether oxygens (including phenoxy) is 2. The Morgan fingerprint density at radius 1 is 1.11 bits per heavy atom. The summed E-state index contributed by atoms with van der Waals surface area (Å²) in [5, 5.41) is 5.53.